The predicted molar refractivity (Wildman–Crippen MR) is 110 cm³/mol. The topological polar surface area (TPSA) is 67.8 Å². The SMILES string of the molecule is COc1cc(CCNC(=O)/C(=C/OC(F)F)c2ccc3c(c2)CCCC3)ccc1O. The minimum absolute atomic E-state index is 0.0343. The Hall–Kier alpha value is -3.09. The predicted octanol–water partition coefficient (Wildman–Crippen LogP) is 4.22. The lowest BCUT2D eigenvalue weighted by Crippen LogP contribution is -2.27. The average Bonchev–Trinajstić information content (AvgIpc) is 2.74. The van der Waals surface area contributed by atoms with Crippen molar-refractivity contribution in [2.24, 2.45) is 0 Å². The molecular formula is C23H25F2NO4. The van der Waals surface area contributed by atoms with Gasteiger partial charge in [-0.1, -0.05) is 24.3 Å². The summed E-state index contributed by atoms with van der Waals surface area (Å²) < 4.78 is 34.6. The molecule has 0 saturated heterocycles. The summed E-state index contributed by atoms with van der Waals surface area (Å²) in [5.74, 6) is -0.108. The highest BCUT2D eigenvalue weighted by atomic mass is 19.3. The summed E-state index contributed by atoms with van der Waals surface area (Å²) in [7, 11) is 1.46. The molecule has 0 saturated carbocycles. The molecule has 2 aromatic rings. The van der Waals surface area contributed by atoms with Crippen LogP contribution in [0.5, 0.6) is 11.5 Å². The summed E-state index contributed by atoms with van der Waals surface area (Å²) in [6, 6.07) is 10.5. The first kappa shape index (κ1) is 21.6. The molecule has 0 aromatic heterocycles. The maximum absolute atomic E-state index is 12.7. The van der Waals surface area contributed by atoms with Crippen molar-refractivity contribution >= 4 is 11.5 Å². The van der Waals surface area contributed by atoms with Crippen molar-refractivity contribution in [1.29, 1.82) is 0 Å². The minimum atomic E-state index is -3.00. The Morgan fingerprint density at radius 1 is 1.17 bits per heavy atom. The van der Waals surface area contributed by atoms with Crippen LogP contribution in [0.2, 0.25) is 0 Å². The number of carbonyl (C=O) groups excluding carboxylic acids is 1. The van der Waals surface area contributed by atoms with Crippen LogP contribution in [0, 0.1) is 0 Å². The van der Waals surface area contributed by atoms with Gasteiger partial charge in [0.25, 0.3) is 5.91 Å². The van der Waals surface area contributed by atoms with E-state index in [0.29, 0.717) is 17.7 Å². The van der Waals surface area contributed by atoms with E-state index in [1.165, 1.54) is 18.7 Å². The number of rotatable bonds is 8. The number of methoxy groups -OCH3 is 1. The molecule has 2 aromatic carbocycles. The molecule has 5 nitrogen and oxygen atoms in total. The number of phenolic OH excluding ortho intramolecular Hbond substituents is 1. The number of halogens is 2. The monoisotopic (exact) mass is 417 g/mol. The minimum Gasteiger partial charge on any atom is -0.504 e. The van der Waals surface area contributed by atoms with Crippen molar-refractivity contribution in [3.8, 4) is 11.5 Å². The molecule has 30 heavy (non-hydrogen) atoms. The van der Waals surface area contributed by atoms with Crippen molar-refractivity contribution in [1.82, 2.24) is 5.32 Å². The molecule has 0 atom stereocenters. The van der Waals surface area contributed by atoms with Crippen LogP contribution in [0.25, 0.3) is 5.57 Å². The summed E-state index contributed by atoms with van der Waals surface area (Å²) >= 11 is 0. The van der Waals surface area contributed by atoms with E-state index in [2.05, 4.69) is 10.1 Å². The van der Waals surface area contributed by atoms with Gasteiger partial charge >= 0.3 is 6.61 Å². The first-order valence-corrected chi connectivity index (χ1v) is 9.88. The van der Waals surface area contributed by atoms with E-state index < -0.39 is 12.5 Å². The number of fused-ring (bicyclic) bond motifs is 1. The lowest BCUT2D eigenvalue weighted by molar-refractivity contribution is -0.116. The largest absolute Gasteiger partial charge is 0.504 e. The van der Waals surface area contributed by atoms with E-state index in [1.54, 1.807) is 18.2 Å². The van der Waals surface area contributed by atoms with Gasteiger partial charge in [0.1, 0.15) is 6.26 Å². The zero-order valence-electron chi connectivity index (χ0n) is 16.8. The Morgan fingerprint density at radius 3 is 2.67 bits per heavy atom. The van der Waals surface area contributed by atoms with Crippen molar-refractivity contribution in [2.45, 2.75) is 38.7 Å². The molecule has 1 aliphatic carbocycles. The van der Waals surface area contributed by atoms with Crippen LogP contribution in [0.1, 0.15) is 35.1 Å². The number of benzene rings is 2. The van der Waals surface area contributed by atoms with E-state index >= 15 is 0 Å². The summed E-state index contributed by atoms with van der Waals surface area (Å²) in [5, 5.41) is 12.4. The summed E-state index contributed by atoms with van der Waals surface area (Å²) in [6.07, 6.45) is 5.42. The van der Waals surface area contributed by atoms with E-state index in [9.17, 15) is 18.7 Å². The Morgan fingerprint density at radius 2 is 1.93 bits per heavy atom. The third-order valence-corrected chi connectivity index (χ3v) is 5.14. The van der Waals surface area contributed by atoms with Gasteiger partial charge < -0.3 is 19.9 Å². The van der Waals surface area contributed by atoms with Crippen molar-refractivity contribution in [3.63, 3.8) is 0 Å². The fourth-order valence-electron chi connectivity index (χ4n) is 3.57. The van der Waals surface area contributed by atoms with Gasteiger partial charge in [-0.05, 0) is 66.5 Å². The van der Waals surface area contributed by atoms with Gasteiger partial charge in [0, 0.05) is 6.54 Å². The zero-order chi connectivity index (χ0) is 21.5. The fraction of sp³-hybridized carbons (Fsp3) is 0.348. The third-order valence-electron chi connectivity index (χ3n) is 5.14. The van der Waals surface area contributed by atoms with Gasteiger partial charge in [0.15, 0.2) is 11.5 Å². The van der Waals surface area contributed by atoms with Gasteiger partial charge in [-0.25, -0.2) is 0 Å². The third kappa shape index (κ3) is 5.49. The molecular weight excluding hydrogens is 392 g/mol. The lowest BCUT2D eigenvalue weighted by atomic mass is 9.89. The molecule has 0 spiro atoms. The maximum atomic E-state index is 12.7. The van der Waals surface area contributed by atoms with Gasteiger partial charge in [0.2, 0.25) is 0 Å². The number of alkyl halides is 2. The van der Waals surface area contributed by atoms with Gasteiger partial charge in [-0.15, -0.1) is 0 Å². The Kier molecular flexibility index (Phi) is 7.27. The molecule has 2 N–H and O–H groups in total. The first-order valence-electron chi connectivity index (χ1n) is 9.88. The summed E-state index contributed by atoms with van der Waals surface area (Å²) in [6.45, 7) is -2.72. The summed E-state index contributed by atoms with van der Waals surface area (Å²) in [5.41, 5.74) is 3.85. The van der Waals surface area contributed by atoms with Gasteiger partial charge in [-0.3, -0.25) is 4.79 Å². The Bertz CT molecular complexity index is 927. The van der Waals surface area contributed by atoms with Crippen LogP contribution in [0.4, 0.5) is 8.78 Å². The highest BCUT2D eigenvalue weighted by Crippen LogP contribution is 2.27. The molecule has 0 bridgehead atoms. The van der Waals surface area contributed by atoms with Crippen molar-refractivity contribution < 1.29 is 28.2 Å². The van der Waals surface area contributed by atoms with Crippen LogP contribution in [0.3, 0.4) is 0 Å². The summed E-state index contributed by atoms with van der Waals surface area (Å²) in [4.78, 5) is 12.7. The molecule has 0 radical (unpaired) electrons. The number of carbonyl (C=O) groups is 1. The fourth-order valence-corrected chi connectivity index (χ4v) is 3.57. The number of hydrogen-bond donors (Lipinski definition) is 2. The molecule has 0 aliphatic heterocycles. The average molecular weight is 417 g/mol. The number of amides is 1. The maximum Gasteiger partial charge on any atom is 0.386 e. The highest BCUT2D eigenvalue weighted by Gasteiger charge is 2.17. The highest BCUT2D eigenvalue weighted by molar-refractivity contribution is 6.19. The molecule has 7 heteroatoms. The number of nitrogens with one attached hydrogen (secondary N) is 1. The second-order valence-electron chi connectivity index (χ2n) is 7.13. The second kappa shape index (κ2) is 10.1. The van der Waals surface area contributed by atoms with Crippen molar-refractivity contribution in [2.75, 3.05) is 13.7 Å². The number of hydrogen-bond acceptors (Lipinski definition) is 4. The smallest absolute Gasteiger partial charge is 0.386 e. The van der Waals surface area contributed by atoms with Gasteiger partial charge in [-0.2, -0.15) is 8.78 Å². The number of aryl methyl sites for hydroxylation is 2. The zero-order valence-corrected chi connectivity index (χ0v) is 16.8. The number of ether oxygens (including phenoxy) is 2. The van der Waals surface area contributed by atoms with E-state index in [-0.39, 0.29) is 17.9 Å². The van der Waals surface area contributed by atoms with Crippen LogP contribution in [-0.4, -0.2) is 31.3 Å². The number of phenols is 1. The molecule has 0 unspecified atom stereocenters. The lowest BCUT2D eigenvalue weighted by Gasteiger charge is -2.17. The first-order chi connectivity index (χ1) is 14.5. The standard InChI is InChI=1S/C23H25F2NO4/c1-29-21-12-15(6-9-20(21)27)10-11-26-22(28)19(14-30-23(24)25)18-8-7-16-4-2-3-5-17(16)13-18/h6-9,12-14,23,27H,2-5,10-11H2,1H3,(H,26,28)/b19-14+. The van der Waals surface area contributed by atoms with E-state index in [4.69, 9.17) is 4.74 Å². The van der Waals surface area contributed by atoms with Crippen LogP contribution in [0.15, 0.2) is 42.7 Å². The van der Waals surface area contributed by atoms with Crippen LogP contribution < -0.4 is 10.1 Å². The second-order valence-corrected chi connectivity index (χ2v) is 7.13. The quantitative estimate of drug-likeness (QED) is 0.499. The van der Waals surface area contributed by atoms with E-state index in [0.717, 1.165) is 43.1 Å². The molecule has 0 fully saturated rings. The van der Waals surface area contributed by atoms with Gasteiger partial charge in [0.05, 0.1) is 12.7 Å². The number of aromatic hydroxyl groups is 1. The van der Waals surface area contributed by atoms with E-state index in [1.807, 2.05) is 12.1 Å². The molecule has 3 rings (SSSR count). The van der Waals surface area contributed by atoms with Crippen LogP contribution in [-0.2, 0) is 28.8 Å². The molecule has 1 aliphatic rings. The van der Waals surface area contributed by atoms with Crippen molar-refractivity contribution in [3.05, 3.63) is 64.9 Å². The Labute approximate surface area is 174 Å². The molecule has 160 valence electrons. The molecule has 1 amide bonds. The normalized spacial score (nSPS) is 13.7. The van der Waals surface area contributed by atoms with Crippen LogP contribution >= 0.6 is 0 Å². The Balaban J connectivity index is 1.71. The molecule has 0 heterocycles.